The average Bonchev–Trinajstić information content (AvgIpc) is 2.30. The predicted molar refractivity (Wildman–Crippen MR) is 66.3 cm³/mol. The molecule has 0 aromatic heterocycles. The van der Waals surface area contributed by atoms with Crippen molar-refractivity contribution in [3.05, 3.63) is 59.2 Å². The van der Waals surface area contributed by atoms with Crippen LogP contribution in [0, 0.1) is 18.6 Å². The molecule has 0 unspecified atom stereocenters. The summed E-state index contributed by atoms with van der Waals surface area (Å²) in [6.07, 6.45) is 0. The van der Waals surface area contributed by atoms with Crippen molar-refractivity contribution in [1.82, 2.24) is 0 Å². The molecule has 0 aliphatic heterocycles. The molecule has 0 amide bonds. The van der Waals surface area contributed by atoms with Gasteiger partial charge in [0.2, 0.25) is 0 Å². The van der Waals surface area contributed by atoms with Crippen LogP contribution in [0.3, 0.4) is 0 Å². The number of nitrogen functional groups attached to an aromatic ring is 1. The van der Waals surface area contributed by atoms with Crippen molar-refractivity contribution < 1.29 is 13.5 Å². The summed E-state index contributed by atoms with van der Waals surface area (Å²) in [4.78, 5) is 0. The van der Waals surface area contributed by atoms with Crippen LogP contribution >= 0.6 is 0 Å². The molecule has 0 fully saturated rings. The van der Waals surface area contributed by atoms with Gasteiger partial charge in [0.25, 0.3) is 0 Å². The lowest BCUT2D eigenvalue weighted by Gasteiger charge is -2.10. The fourth-order valence-corrected chi connectivity index (χ4v) is 1.59. The lowest BCUT2D eigenvalue weighted by molar-refractivity contribution is 0.301. The normalized spacial score (nSPS) is 10.4. The number of hydrogen-bond donors (Lipinski definition) is 1. The van der Waals surface area contributed by atoms with E-state index in [0.29, 0.717) is 11.4 Å². The van der Waals surface area contributed by atoms with Gasteiger partial charge < -0.3 is 10.5 Å². The van der Waals surface area contributed by atoms with Crippen molar-refractivity contribution in [3.63, 3.8) is 0 Å². The van der Waals surface area contributed by atoms with Crippen molar-refractivity contribution >= 4 is 5.69 Å². The van der Waals surface area contributed by atoms with Gasteiger partial charge in [0.15, 0.2) is 0 Å². The van der Waals surface area contributed by atoms with Gasteiger partial charge in [-0.3, -0.25) is 0 Å². The largest absolute Gasteiger partial charge is 0.487 e. The number of hydrogen-bond acceptors (Lipinski definition) is 2. The van der Waals surface area contributed by atoms with Crippen LogP contribution in [0.2, 0.25) is 0 Å². The summed E-state index contributed by atoms with van der Waals surface area (Å²) in [6, 6.07) is 8.74. The Morgan fingerprint density at radius 3 is 2.56 bits per heavy atom. The second kappa shape index (κ2) is 5.04. The van der Waals surface area contributed by atoms with E-state index in [-0.39, 0.29) is 12.2 Å². The number of aryl methyl sites for hydroxylation is 1. The summed E-state index contributed by atoms with van der Waals surface area (Å²) < 4.78 is 31.5. The standard InChI is InChI=1S/C14H13F2NO/c1-9-2-5-14(13(17)6-9)18-8-10-3-4-11(15)7-12(10)16/h2-7H,8,17H2,1H3. The van der Waals surface area contributed by atoms with Gasteiger partial charge in [-0.05, 0) is 36.8 Å². The molecular formula is C14H13F2NO. The quantitative estimate of drug-likeness (QED) is 0.846. The van der Waals surface area contributed by atoms with Crippen LogP contribution in [0.25, 0.3) is 0 Å². The minimum absolute atomic E-state index is 0.0133. The Hall–Kier alpha value is -2.10. The zero-order valence-electron chi connectivity index (χ0n) is 9.91. The Morgan fingerprint density at radius 2 is 1.89 bits per heavy atom. The molecule has 2 rings (SSSR count). The van der Waals surface area contributed by atoms with Gasteiger partial charge in [0, 0.05) is 11.6 Å². The molecule has 0 spiro atoms. The smallest absolute Gasteiger partial charge is 0.142 e. The number of nitrogens with two attached hydrogens (primary N) is 1. The van der Waals surface area contributed by atoms with Gasteiger partial charge in [-0.2, -0.15) is 0 Å². The van der Waals surface area contributed by atoms with E-state index in [4.69, 9.17) is 10.5 Å². The number of anilines is 1. The molecule has 0 bridgehead atoms. The summed E-state index contributed by atoms with van der Waals surface area (Å²) in [5.41, 5.74) is 7.58. The monoisotopic (exact) mass is 249 g/mol. The first kappa shape index (κ1) is 12.4. The highest BCUT2D eigenvalue weighted by Gasteiger charge is 2.06. The molecule has 0 heterocycles. The van der Waals surface area contributed by atoms with E-state index in [2.05, 4.69) is 0 Å². The molecule has 0 radical (unpaired) electrons. The van der Waals surface area contributed by atoms with E-state index in [0.717, 1.165) is 11.6 Å². The van der Waals surface area contributed by atoms with Crippen LogP contribution in [0.15, 0.2) is 36.4 Å². The van der Waals surface area contributed by atoms with Gasteiger partial charge >= 0.3 is 0 Å². The SMILES string of the molecule is Cc1ccc(OCc2ccc(F)cc2F)c(N)c1. The van der Waals surface area contributed by atoms with Crippen molar-refractivity contribution in [2.45, 2.75) is 13.5 Å². The molecule has 0 atom stereocenters. The second-order valence-corrected chi connectivity index (χ2v) is 4.07. The zero-order valence-corrected chi connectivity index (χ0v) is 9.91. The summed E-state index contributed by atoms with van der Waals surface area (Å²) in [6.45, 7) is 1.93. The number of rotatable bonds is 3. The van der Waals surface area contributed by atoms with Gasteiger partial charge in [-0.1, -0.05) is 6.07 Å². The third kappa shape index (κ3) is 2.77. The third-order valence-corrected chi connectivity index (χ3v) is 2.56. The maximum atomic E-state index is 13.4. The molecule has 0 aliphatic carbocycles. The Kier molecular flexibility index (Phi) is 3.46. The molecule has 2 aromatic rings. The Labute approximate surface area is 104 Å². The Balaban J connectivity index is 2.11. The van der Waals surface area contributed by atoms with Crippen LogP contribution in [0.1, 0.15) is 11.1 Å². The molecule has 94 valence electrons. The maximum Gasteiger partial charge on any atom is 0.142 e. The van der Waals surface area contributed by atoms with Crippen LogP contribution in [-0.2, 0) is 6.61 Å². The first-order valence-electron chi connectivity index (χ1n) is 5.49. The molecule has 0 saturated carbocycles. The van der Waals surface area contributed by atoms with E-state index in [1.54, 1.807) is 12.1 Å². The topological polar surface area (TPSA) is 35.2 Å². The second-order valence-electron chi connectivity index (χ2n) is 4.07. The van der Waals surface area contributed by atoms with Crippen LogP contribution in [0.4, 0.5) is 14.5 Å². The molecule has 2 nitrogen and oxygen atoms in total. The summed E-state index contributed by atoms with van der Waals surface area (Å²) in [5.74, 6) is -0.740. The van der Waals surface area contributed by atoms with Gasteiger partial charge in [-0.25, -0.2) is 8.78 Å². The minimum Gasteiger partial charge on any atom is -0.487 e. The zero-order chi connectivity index (χ0) is 13.1. The van der Waals surface area contributed by atoms with Gasteiger partial charge in [-0.15, -0.1) is 0 Å². The predicted octanol–water partition coefficient (Wildman–Crippen LogP) is 3.43. The van der Waals surface area contributed by atoms with E-state index < -0.39 is 11.6 Å². The van der Waals surface area contributed by atoms with Crippen molar-refractivity contribution in [3.8, 4) is 5.75 Å². The number of benzene rings is 2. The Morgan fingerprint density at radius 1 is 1.11 bits per heavy atom. The molecule has 2 aromatic carbocycles. The van der Waals surface area contributed by atoms with Gasteiger partial charge in [0.1, 0.15) is 24.0 Å². The van der Waals surface area contributed by atoms with Crippen molar-refractivity contribution in [2.75, 3.05) is 5.73 Å². The molecule has 0 aliphatic rings. The van der Waals surface area contributed by atoms with Crippen molar-refractivity contribution in [1.29, 1.82) is 0 Å². The summed E-state index contributed by atoms with van der Waals surface area (Å²) >= 11 is 0. The fraction of sp³-hybridized carbons (Fsp3) is 0.143. The van der Waals surface area contributed by atoms with E-state index >= 15 is 0 Å². The molecule has 4 heteroatoms. The lowest BCUT2D eigenvalue weighted by Crippen LogP contribution is -2.01. The summed E-state index contributed by atoms with van der Waals surface area (Å²) in [7, 11) is 0. The maximum absolute atomic E-state index is 13.4. The van der Waals surface area contributed by atoms with Gasteiger partial charge in [0.05, 0.1) is 5.69 Å². The van der Waals surface area contributed by atoms with Crippen molar-refractivity contribution in [2.24, 2.45) is 0 Å². The third-order valence-electron chi connectivity index (χ3n) is 2.56. The minimum atomic E-state index is -0.624. The first-order chi connectivity index (χ1) is 8.56. The van der Waals surface area contributed by atoms with E-state index in [9.17, 15) is 8.78 Å². The lowest BCUT2D eigenvalue weighted by atomic mass is 10.2. The highest BCUT2D eigenvalue weighted by Crippen LogP contribution is 2.23. The van der Waals surface area contributed by atoms with E-state index in [1.807, 2.05) is 13.0 Å². The fourth-order valence-electron chi connectivity index (χ4n) is 1.59. The molecular weight excluding hydrogens is 236 g/mol. The number of ether oxygens (including phenoxy) is 1. The van der Waals surface area contributed by atoms with Crippen LogP contribution < -0.4 is 10.5 Å². The number of halogens is 2. The highest BCUT2D eigenvalue weighted by atomic mass is 19.1. The molecule has 18 heavy (non-hydrogen) atoms. The highest BCUT2D eigenvalue weighted by molar-refractivity contribution is 5.54. The Bertz CT molecular complexity index is 518. The molecule has 2 N–H and O–H groups in total. The average molecular weight is 249 g/mol. The van der Waals surface area contributed by atoms with Crippen LogP contribution in [0.5, 0.6) is 5.75 Å². The first-order valence-corrected chi connectivity index (χ1v) is 5.49. The van der Waals surface area contributed by atoms with Crippen LogP contribution in [-0.4, -0.2) is 0 Å². The summed E-state index contributed by atoms with van der Waals surface area (Å²) in [5, 5.41) is 0. The molecule has 0 saturated heterocycles. The van der Waals surface area contributed by atoms with E-state index in [1.165, 1.54) is 12.1 Å².